The molecule has 1 saturated heterocycles. The zero-order chi connectivity index (χ0) is 16.9. The van der Waals surface area contributed by atoms with Crippen molar-refractivity contribution < 1.29 is 4.79 Å². The lowest BCUT2D eigenvalue weighted by Gasteiger charge is -2.20. The number of likely N-dealkylation sites (tertiary alicyclic amines) is 1. The van der Waals surface area contributed by atoms with Gasteiger partial charge in [0.05, 0.1) is 11.4 Å². The Labute approximate surface area is 147 Å². The van der Waals surface area contributed by atoms with E-state index in [0.29, 0.717) is 5.75 Å². The number of benzene rings is 1. The number of aryl methyl sites for hydroxylation is 2. The number of rotatable bonds is 4. The van der Waals surface area contributed by atoms with Crippen molar-refractivity contribution in [1.29, 1.82) is 0 Å². The molecule has 1 amide bonds. The van der Waals surface area contributed by atoms with Crippen molar-refractivity contribution in [3.63, 3.8) is 0 Å². The van der Waals surface area contributed by atoms with Crippen molar-refractivity contribution in [1.82, 2.24) is 19.7 Å². The van der Waals surface area contributed by atoms with Crippen LogP contribution in [0, 0.1) is 13.8 Å². The van der Waals surface area contributed by atoms with Gasteiger partial charge in [0.2, 0.25) is 5.91 Å². The molecule has 6 heteroatoms. The molecule has 5 nitrogen and oxygen atoms in total. The maximum Gasteiger partial charge on any atom is 0.233 e. The van der Waals surface area contributed by atoms with Crippen LogP contribution in [-0.4, -0.2) is 44.4 Å². The third-order valence-electron chi connectivity index (χ3n) is 4.44. The van der Waals surface area contributed by atoms with Gasteiger partial charge in [0, 0.05) is 13.1 Å². The van der Waals surface area contributed by atoms with Crippen LogP contribution in [0.1, 0.15) is 37.1 Å². The summed E-state index contributed by atoms with van der Waals surface area (Å²) in [6.45, 7) is 5.80. The number of thioether (sulfide) groups is 1. The summed E-state index contributed by atoms with van der Waals surface area (Å²) >= 11 is 1.48. The third kappa shape index (κ3) is 3.80. The van der Waals surface area contributed by atoms with Crippen molar-refractivity contribution in [2.45, 2.75) is 44.7 Å². The van der Waals surface area contributed by atoms with Crippen molar-refractivity contribution in [2.75, 3.05) is 18.8 Å². The summed E-state index contributed by atoms with van der Waals surface area (Å²) in [5, 5.41) is 9.26. The van der Waals surface area contributed by atoms with Crippen LogP contribution in [0.2, 0.25) is 0 Å². The molecule has 0 bridgehead atoms. The molecule has 0 saturated carbocycles. The number of para-hydroxylation sites is 1. The minimum absolute atomic E-state index is 0.207. The molecular formula is C18H24N4OS. The Morgan fingerprint density at radius 1 is 1.08 bits per heavy atom. The molecule has 1 aliphatic rings. The second-order valence-electron chi connectivity index (χ2n) is 6.24. The predicted molar refractivity (Wildman–Crippen MR) is 96.6 cm³/mol. The van der Waals surface area contributed by atoms with Crippen LogP contribution < -0.4 is 0 Å². The van der Waals surface area contributed by atoms with E-state index in [2.05, 4.69) is 29.3 Å². The van der Waals surface area contributed by atoms with Crippen molar-refractivity contribution in [3.8, 4) is 5.69 Å². The van der Waals surface area contributed by atoms with Gasteiger partial charge in [-0.2, -0.15) is 0 Å². The van der Waals surface area contributed by atoms with E-state index in [0.717, 1.165) is 42.6 Å². The number of carbonyl (C=O) groups excluding carboxylic acids is 1. The standard InChI is InChI=1S/C18H24N4OS/c1-14-9-5-6-10-16(14)22-15(2)19-20-18(22)24-13-17(23)21-11-7-3-4-8-12-21/h5-6,9-10H,3-4,7-8,11-13H2,1-2H3. The lowest BCUT2D eigenvalue weighted by molar-refractivity contribution is -0.128. The molecule has 1 aromatic carbocycles. The van der Waals surface area contributed by atoms with Gasteiger partial charge in [-0.05, 0) is 38.3 Å². The smallest absolute Gasteiger partial charge is 0.233 e. The molecule has 0 N–H and O–H groups in total. The molecule has 24 heavy (non-hydrogen) atoms. The molecule has 0 unspecified atom stereocenters. The van der Waals surface area contributed by atoms with Gasteiger partial charge < -0.3 is 4.90 Å². The first-order chi connectivity index (χ1) is 11.7. The van der Waals surface area contributed by atoms with Gasteiger partial charge in [0.25, 0.3) is 0 Å². The highest BCUT2D eigenvalue weighted by atomic mass is 32.2. The first kappa shape index (κ1) is 17.0. The highest BCUT2D eigenvalue weighted by Gasteiger charge is 2.18. The van der Waals surface area contributed by atoms with Crippen molar-refractivity contribution >= 4 is 17.7 Å². The Morgan fingerprint density at radius 2 is 1.79 bits per heavy atom. The van der Waals surface area contributed by atoms with E-state index in [4.69, 9.17) is 0 Å². The third-order valence-corrected chi connectivity index (χ3v) is 5.35. The zero-order valence-electron chi connectivity index (χ0n) is 14.4. The van der Waals surface area contributed by atoms with E-state index in [1.54, 1.807) is 0 Å². The minimum atomic E-state index is 0.207. The van der Waals surface area contributed by atoms with Crippen LogP contribution in [0.3, 0.4) is 0 Å². The summed E-state index contributed by atoms with van der Waals surface area (Å²) in [4.78, 5) is 14.5. The molecule has 1 aliphatic heterocycles. The quantitative estimate of drug-likeness (QED) is 0.798. The van der Waals surface area contributed by atoms with E-state index in [1.807, 2.05) is 28.5 Å². The first-order valence-corrected chi connectivity index (χ1v) is 9.54. The lowest BCUT2D eigenvalue weighted by Crippen LogP contribution is -2.33. The van der Waals surface area contributed by atoms with Gasteiger partial charge in [-0.3, -0.25) is 9.36 Å². The Kier molecular flexibility index (Phi) is 5.56. The fourth-order valence-electron chi connectivity index (χ4n) is 3.07. The Bertz CT molecular complexity index is 705. The molecule has 2 aromatic rings. The topological polar surface area (TPSA) is 51.0 Å². The molecule has 3 rings (SSSR count). The average Bonchev–Trinajstić information content (AvgIpc) is 2.78. The molecule has 0 spiro atoms. The highest BCUT2D eigenvalue weighted by Crippen LogP contribution is 2.24. The van der Waals surface area contributed by atoms with Crippen LogP contribution in [-0.2, 0) is 4.79 Å². The van der Waals surface area contributed by atoms with E-state index in [1.165, 1.54) is 30.2 Å². The molecule has 0 atom stereocenters. The number of aromatic nitrogens is 3. The zero-order valence-corrected chi connectivity index (χ0v) is 15.2. The van der Waals surface area contributed by atoms with Gasteiger partial charge in [-0.15, -0.1) is 10.2 Å². The van der Waals surface area contributed by atoms with E-state index in [9.17, 15) is 4.79 Å². The highest BCUT2D eigenvalue weighted by molar-refractivity contribution is 7.99. The molecule has 2 heterocycles. The number of carbonyl (C=O) groups is 1. The predicted octanol–water partition coefficient (Wildman–Crippen LogP) is 3.38. The summed E-state index contributed by atoms with van der Waals surface area (Å²) < 4.78 is 2.04. The molecule has 0 radical (unpaired) electrons. The molecule has 1 aromatic heterocycles. The van der Waals surface area contributed by atoms with Crippen LogP contribution in [0.5, 0.6) is 0 Å². The second kappa shape index (κ2) is 7.83. The van der Waals surface area contributed by atoms with E-state index >= 15 is 0 Å². The number of nitrogens with zero attached hydrogens (tertiary/aromatic N) is 4. The number of amides is 1. The molecule has 0 aliphatic carbocycles. The second-order valence-corrected chi connectivity index (χ2v) is 7.18. The summed E-state index contributed by atoms with van der Waals surface area (Å²) in [7, 11) is 0. The Hall–Kier alpha value is -1.82. The van der Waals surface area contributed by atoms with E-state index < -0.39 is 0 Å². The van der Waals surface area contributed by atoms with Crippen LogP contribution >= 0.6 is 11.8 Å². The number of hydrogen-bond donors (Lipinski definition) is 0. The lowest BCUT2D eigenvalue weighted by atomic mass is 10.2. The van der Waals surface area contributed by atoms with Crippen LogP contribution in [0.4, 0.5) is 0 Å². The van der Waals surface area contributed by atoms with Crippen molar-refractivity contribution in [3.05, 3.63) is 35.7 Å². The fraction of sp³-hybridized carbons (Fsp3) is 0.500. The number of hydrogen-bond acceptors (Lipinski definition) is 4. The fourth-order valence-corrected chi connectivity index (χ4v) is 3.96. The maximum absolute atomic E-state index is 12.5. The summed E-state index contributed by atoms with van der Waals surface area (Å²) in [5.74, 6) is 1.47. The summed E-state index contributed by atoms with van der Waals surface area (Å²) in [5.41, 5.74) is 2.24. The molecular weight excluding hydrogens is 320 g/mol. The summed E-state index contributed by atoms with van der Waals surface area (Å²) in [6, 6.07) is 8.17. The monoisotopic (exact) mass is 344 g/mol. The molecule has 128 valence electrons. The van der Waals surface area contributed by atoms with Crippen LogP contribution in [0.15, 0.2) is 29.4 Å². The molecule has 1 fully saturated rings. The Balaban J connectivity index is 1.72. The maximum atomic E-state index is 12.5. The van der Waals surface area contributed by atoms with Gasteiger partial charge in [-0.25, -0.2) is 0 Å². The summed E-state index contributed by atoms with van der Waals surface area (Å²) in [6.07, 6.45) is 4.71. The van der Waals surface area contributed by atoms with Crippen molar-refractivity contribution in [2.24, 2.45) is 0 Å². The van der Waals surface area contributed by atoms with Gasteiger partial charge in [0.1, 0.15) is 5.82 Å². The largest absolute Gasteiger partial charge is 0.342 e. The van der Waals surface area contributed by atoms with Crippen LogP contribution in [0.25, 0.3) is 5.69 Å². The van der Waals surface area contributed by atoms with Gasteiger partial charge >= 0.3 is 0 Å². The SMILES string of the molecule is Cc1ccccc1-n1c(C)nnc1SCC(=O)N1CCCCCC1. The minimum Gasteiger partial charge on any atom is -0.342 e. The normalized spacial score (nSPS) is 15.3. The van der Waals surface area contributed by atoms with E-state index in [-0.39, 0.29) is 5.91 Å². The average molecular weight is 344 g/mol. The van der Waals surface area contributed by atoms with Gasteiger partial charge in [0.15, 0.2) is 5.16 Å². The first-order valence-electron chi connectivity index (χ1n) is 8.55. The Morgan fingerprint density at radius 3 is 2.50 bits per heavy atom. The van der Waals surface area contributed by atoms with Gasteiger partial charge in [-0.1, -0.05) is 42.8 Å².